The topological polar surface area (TPSA) is 34.1 Å². The van der Waals surface area contributed by atoms with Gasteiger partial charge in [0, 0.05) is 10.5 Å². The molecule has 0 fully saturated rings. The predicted molar refractivity (Wildman–Crippen MR) is 85.3 cm³/mol. The van der Waals surface area contributed by atoms with Crippen LogP contribution in [0.1, 0.15) is 31.1 Å². The largest absolute Gasteiger partial charge is 0.455 e. The van der Waals surface area contributed by atoms with Crippen LogP contribution >= 0.6 is 15.9 Å². The number of hydrogen-bond donors (Lipinski definition) is 1. The average molecular weight is 335 g/mol. The third kappa shape index (κ3) is 3.81. The van der Waals surface area contributed by atoms with Gasteiger partial charge in [-0.25, -0.2) is 0 Å². The van der Waals surface area contributed by atoms with Crippen molar-refractivity contribution in [3.8, 4) is 11.5 Å². The van der Waals surface area contributed by atoms with Gasteiger partial charge in [0.15, 0.2) is 0 Å². The molecular weight excluding hydrogens is 316 g/mol. The fourth-order valence-corrected chi connectivity index (χ4v) is 2.45. The highest BCUT2D eigenvalue weighted by Crippen LogP contribution is 2.27. The number of nitrogens with one attached hydrogen (secondary N) is 1. The summed E-state index contributed by atoms with van der Waals surface area (Å²) in [6, 6.07) is 10.2. The first-order chi connectivity index (χ1) is 9.60. The molecule has 0 bridgehead atoms. The molecular formula is C16H19BrN2O. The number of pyridine rings is 1. The molecule has 1 unspecified atom stereocenters. The summed E-state index contributed by atoms with van der Waals surface area (Å²) in [7, 11) is 0. The number of aryl methyl sites for hydroxylation is 1. The van der Waals surface area contributed by atoms with Crippen LogP contribution in [0, 0.1) is 6.92 Å². The van der Waals surface area contributed by atoms with Gasteiger partial charge in [0.2, 0.25) is 0 Å². The molecule has 3 nitrogen and oxygen atoms in total. The Hall–Kier alpha value is -1.39. The number of nitrogens with zero attached hydrogens (tertiary/aromatic N) is 1. The minimum atomic E-state index is 0.253. The molecule has 2 aromatic rings. The maximum Gasteiger partial charge on any atom is 0.145 e. The summed E-state index contributed by atoms with van der Waals surface area (Å²) >= 11 is 3.45. The van der Waals surface area contributed by atoms with Crippen molar-refractivity contribution in [1.29, 1.82) is 0 Å². The van der Waals surface area contributed by atoms with Gasteiger partial charge in [0.1, 0.15) is 11.5 Å². The minimum absolute atomic E-state index is 0.253. The van der Waals surface area contributed by atoms with Gasteiger partial charge in [0.05, 0.1) is 11.9 Å². The molecule has 1 heterocycles. The molecule has 0 amide bonds. The summed E-state index contributed by atoms with van der Waals surface area (Å²) in [4.78, 5) is 4.44. The van der Waals surface area contributed by atoms with Crippen LogP contribution in [0.3, 0.4) is 0 Å². The molecule has 2 rings (SSSR count). The fraction of sp³-hybridized carbons (Fsp3) is 0.312. The Bertz CT molecular complexity index is 569. The highest BCUT2D eigenvalue weighted by molar-refractivity contribution is 9.10. The maximum absolute atomic E-state index is 5.86. The van der Waals surface area contributed by atoms with E-state index in [1.165, 1.54) is 0 Å². The Morgan fingerprint density at radius 2 is 2.10 bits per heavy atom. The third-order valence-corrected chi connectivity index (χ3v) is 3.57. The van der Waals surface area contributed by atoms with Crippen molar-refractivity contribution in [2.75, 3.05) is 6.54 Å². The lowest BCUT2D eigenvalue weighted by molar-refractivity contribution is 0.474. The quantitative estimate of drug-likeness (QED) is 0.866. The van der Waals surface area contributed by atoms with E-state index in [9.17, 15) is 0 Å². The molecule has 0 aliphatic rings. The van der Waals surface area contributed by atoms with E-state index >= 15 is 0 Å². The second-order valence-corrected chi connectivity index (χ2v) is 5.63. The van der Waals surface area contributed by atoms with Gasteiger partial charge in [-0.1, -0.05) is 22.9 Å². The number of hydrogen-bond acceptors (Lipinski definition) is 3. The van der Waals surface area contributed by atoms with E-state index in [-0.39, 0.29) is 6.04 Å². The van der Waals surface area contributed by atoms with Crippen molar-refractivity contribution in [1.82, 2.24) is 10.3 Å². The number of benzene rings is 1. The van der Waals surface area contributed by atoms with Crippen LogP contribution in [0.2, 0.25) is 0 Å². The van der Waals surface area contributed by atoms with Crippen molar-refractivity contribution >= 4 is 15.9 Å². The molecule has 0 saturated carbocycles. The zero-order chi connectivity index (χ0) is 14.5. The number of rotatable bonds is 5. The molecule has 106 valence electrons. The molecule has 0 aliphatic heterocycles. The third-order valence-electron chi connectivity index (χ3n) is 3.08. The smallest absolute Gasteiger partial charge is 0.145 e. The van der Waals surface area contributed by atoms with Crippen molar-refractivity contribution in [3.05, 3.63) is 52.3 Å². The number of halogens is 1. The van der Waals surface area contributed by atoms with E-state index in [0.717, 1.165) is 33.8 Å². The Morgan fingerprint density at radius 1 is 1.30 bits per heavy atom. The van der Waals surface area contributed by atoms with Crippen LogP contribution in [0.15, 0.2) is 41.0 Å². The molecule has 0 spiro atoms. The molecule has 20 heavy (non-hydrogen) atoms. The van der Waals surface area contributed by atoms with Gasteiger partial charge >= 0.3 is 0 Å². The monoisotopic (exact) mass is 334 g/mol. The maximum atomic E-state index is 5.86. The van der Waals surface area contributed by atoms with Gasteiger partial charge < -0.3 is 10.1 Å². The molecule has 1 N–H and O–H groups in total. The molecule has 1 atom stereocenters. The van der Waals surface area contributed by atoms with Crippen LogP contribution in [0.25, 0.3) is 0 Å². The first-order valence-electron chi connectivity index (χ1n) is 6.73. The van der Waals surface area contributed by atoms with E-state index in [1.54, 1.807) is 6.20 Å². The van der Waals surface area contributed by atoms with E-state index in [2.05, 4.69) is 40.1 Å². The van der Waals surface area contributed by atoms with Gasteiger partial charge in [-0.15, -0.1) is 0 Å². The van der Waals surface area contributed by atoms with Crippen LogP contribution in [-0.4, -0.2) is 11.5 Å². The molecule has 1 aromatic carbocycles. The average Bonchev–Trinajstić information content (AvgIpc) is 2.43. The Labute approximate surface area is 128 Å². The molecule has 0 radical (unpaired) electrons. The first kappa shape index (κ1) is 15.0. The highest BCUT2D eigenvalue weighted by Gasteiger charge is 2.06. The normalized spacial score (nSPS) is 12.2. The predicted octanol–water partition coefficient (Wildman–Crippen LogP) is 4.62. The fourth-order valence-electron chi connectivity index (χ4n) is 1.97. The van der Waals surface area contributed by atoms with Crippen LogP contribution in [-0.2, 0) is 0 Å². The Morgan fingerprint density at radius 3 is 2.70 bits per heavy atom. The highest BCUT2D eigenvalue weighted by atomic mass is 79.9. The SMILES string of the molecule is CCNC(C)c1ccc(Oc2ccc(Br)cc2C)cn1. The zero-order valence-electron chi connectivity index (χ0n) is 12.0. The van der Waals surface area contributed by atoms with Crippen molar-refractivity contribution in [2.24, 2.45) is 0 Å². The Kier molecular flexibility index (Phi) is 5.15. The van der Waals surface area contributed by atoms with E-state index in [0.29, 0.717) is 0 Å². The van der Waals surface area contributed by atoms with Gasteiger partial charge in [-0.05, 0) is 56.3 Å². The number of aromatic nitrogens is 1. The van der Waals surface area contributed by atoms with Gasteiger partial charge in [0.25, 0.3) is 0 Å². The standard InChI is InChI=1S/C16H19BrN2O/c1-4-18-12(3)15-7-6-14(10-19-15)20-16-8-5-13(17)9-11(16)2/h5-10,12,18H,4H2,1-3H3. The summed E-state index contributed by atoms with van der Waals surface area (Å²) in [5.74, 6) is 1.60. The molecule has 0 saturated heterocycles. The molecule has 1 aromatic heterocycles. The van der Waals surface area contributed by atoms with E-state index < -0.39 is 0 Å². The first-order valence-corrected chi connectivity index (χ1v) is 7.52. The summed E-state index contributed by atoms with van der Waals surface area (Å²) in [6.07, 6.45) is 1.77. The summed E-state index contributed by atoms with van der Waals surface area (Å²) in [6.45, 7) is 7.14. The van der Waals surface area contributed by atoms with Crippen LogP contribution in [0.4, 0.5) is 0 Å². The van der Waals surface area contributed by atoms with Gasteiger partial charge in [-0.3, -0.25) is 4.98 Å². The van der Waals surface area contributed by atoms with Crippen LogP contribution in [0.5, 0.6) is 11.5 Å². The van der Waals surface area contributed by atoms with E-state index in [1.807, 2.05) is 37.3 Å². The zero-order valence-corrected chi connectivity index (χ0v) is 13.6. The lowest BCUT2D eigenvalue weighted by atomic mass is 10.2. The molecule has 4 heteroatoms. The van der Waals surface area contributed by atoms with Crippen LogP contribution < -0.4 is 10.1 Å². The number of ether oxygens (including phenoxy) is 1. The second-order valence-electron chi connectivity index (χ2n) is 4.71. The summed E-state index contributed by atoms with van der Waals surface area (Å²) in [5, 5.41) is 3.34. The Balaban J connectivity index is 2.10. The van der Waals surface area contributed by atoms with Crippen molar-refractivity contribution in [2.45, 2.75) is 26.8 Å². The van der Waals surface area contributed by atoms with E-state index in [4.69, 9.17) is 4.74 Å². The summed E-state index contributed by atoms with van der Waals surface area (Å²) in [5.41, 5.74) is 2.11. The van der Waals surface area contributed by atoms with Gasteiger partial charge in [-0.2, -0.15) is 0 Å². The molecule has 0 aliphatic carbocycles. The van der Waals surface area contributed by atoms with Crippen molar-refractivity contribution < 1.29 is 4.74 Å². The second kappa shape index (κ2) is 6.86. The van der Waals surface area contributed by atoms with Crippen molar-refractivity contribution in [3.63, 3.8) is 0 Å². The summed E-state index contributed by atoms with van der Waals surface area (Å²) < 4.78 is 6.91. The lowest BCUT2D eigenvalue weighted by Crippen LogP contribution is -2.18. The minimum Gasteiger partial charge on any atom is -0.455 e. The lowest BCUT2D eigenvalue weighted by Gasteiger charge is -2.13.